The summed E-state index contributed by atoms with van der Waals surface area (Å²) in [6, 6.07) is 17.4. The first-order valence-corrected chi connectivity index (χ1v) is 17.3. The van der Waals surface area contributed by atoms with Gasteiger partial charge in [-0.3, -0.25) is 4.57 Å². The number of aromatic nitrogens is 4. The molecule has 0 unspecified atom stereocenters. The number of benzene rings is 3. The molecule has 0 aliphatic carbocycles. The van der Waals surface area contributed by atoms with E-state index in [9.17, 15) is 35.7 Å². The number of hydrogen-bond acceptors (Lipinski definition) is 6. The highest BCUT2D eigenvalue weighted by atomic mass is 32.2. The van der Waals surface area contributed by atoms with E-state index in [1.807, 2.05) is 0 Å². The largest absolute Gasteiger partial charge is 0.744 e. The lowest BCUT2D eigenvalue weighted by Crippen LogP contribution is -2.40. The van der Waals surface area contributed by atoms with Crippen molar-refractivity contribution < 1.29 is 35.4 Å². The number of carbonyl (C=O) groups excluding carboxylic acids is 1. The number of nitrogens with zero attached hydrogens (tertiary/aromatic N) is 6. The Bertz CT molecular complexity index is 2280. The molecule has 5 aromatic rings. The number of quaternary nitrogens is 1. The van der Waals surface area contributed by atoms with Crippen molar-refractivity contribution in [2.75, 3.05) is 27.7 Å². The van der Waals surface area contributed by atoms with Crippen LogP contribution < -0.4 is 11.0 Å². The molecule has 0 aliphatic heterocycles. The molecule has 0 saturated heterocycles. The maximum atomic E-state index is 13.8. The molecule has 3 aromatic carbocycles. The number of halogens is 3. The summed E-state index contributed by atoms with van der Waals surface area (Å²) in [7, 11) is 1.92. The minimum Gasteiger partial charge on any atom is -0.744 e. The summed E-state index contributed by atoms with van der Waals surface area (Å²) in [5.74, 6) is 0. The topological polar surface area (TPSA) is 135 Å². The average Bonchev–Trinajstić information content (AvgIpc) is 3.64. The molecule has 0 atom stereocenters. The average molecular weight is 738 g/mol. The SMILES string of the molecule is O=S(=O)([O-])c1ccccc1.[C-]#[N+]c1ccc(-n2nccc2-c2c(C)n(-c3cccc(C(F)(F)F)c3)c(=O)n2C(=O)NC(C)C)c(CC[N+](C)(C)C)c1. The second kappa shape index (κ2) is 15.4. The highest BCUT2D eigenvalue weighted by molar-refractivity contribution is 7.85. The second-order valence-corrected chi connectivity index (χ2v) is 14.5. The molecule has 52 heavy (non-hydrogen) atoms. The van der Waals surface area contributed by atoms with Gasteiger partial charge in [0.2, 0.25) is 0 Å². The lowest BCUT2D eigenvalue weighted by molar-refractivity contribution is -0.870. The summed E-state index contributed by atoms with van der Waals surface area (Å²) >= 11 is 0. The quantitative estimate of drug-likeness (QED) is 0.115. The monoisotopic (exact) mass is 737 g/mol. The number of amides is 1. The summed E-state index contributed by atoms with van der Waals surface area (Å²) < 4.78 is 75.8. The van der Waals surface area contributed by atoms with Crippen LogP contribution in [-0.2, 0) is 22.7 Å². The number of hydrogen-bond donors (Lipinski definition) is 1. The molecule has 0 bridgehead atoms. The molecule has 2 aromatic heterocycles. The molecule has 0 radical (unpaired) electrons. The number of rotatable bonds is 8. The molecular weight excluding hydrogens is 700 g/mol. The zero-order valence-electron chi connectivity index (χ0n) is 29.3. The Morgan fingerprint density at radius 3 is 2.25 bits per heavy atom. The molecule has 5 rings (SSSR count). The van der Waals surface area contributed by atoms with Crippen molar-refractivity contribution in [3.05, 3.63) is 124 Å². The zero-order valence-corrected chi connectivity index (χ0v) is 30.2. The van der Waals surface area contributed by atoms with Crippen LogP contribution in [0, 0.1) is 13.5 Å². The van der Waals surface area contributed by atoms with Gasteiger partial charge in [0, 0.05) is 12.5 Å². The molecular formula is C36H38F3N7O5S. The van der Waals surface area contributed by atoms with Gasteiger partial charge in [-0.2, -0.15) is 18.3 Å². The molecule has 1 N–H and O–H groups in total. The van der Waals surface area contributed by atoms with Gasteiger partial charge in [-0.15, -0.1) is 0 Å². The van der Waals surface area contributed by atoms with Crippen LogP contribution in [0.15, 0.2) is 94.7 Å². The Morgan fingerprint density at radius 2 is 1.69 bits per heavy atom. The highest BCUT2D eigenvalue weighted by Gasteiger charge is 2.32. The van der Waals surface area contributed by atoms with Gasteiger partial charge in [0.15, 0.2) is 5.69 Å². The lowest BCUT2D eigenvalue weighted by Gasteiger charge is -2.24. The van der Waals surface area contributed by atoms with E-state index in [1.165, 1.54) is 42.6 Å². The van der Waals surface area contributed by atoms with Crippen LogP contribution in [0.1, 0.15) is 30.7 Å². The second-order valence-electron chi connectivity index (χ2n) is 13.1. The molecule has 1 amide bonds. The van der Waals surface area contributed by atoms with Crippen molar-refractivity contribution in [1.82, 2.24) is 24.2 Å². The van der Waals surface area contributed by atoms with Crippen molar-refractivity contribution in [2.45, 2.75) is 44.3 Å². The minimum absolute atomic E-state index is 0.0271. The Kier molecular flexibility index (Phi) is 11.6. The van der Waals surface area contributed by atoms with E-state index < -0.39 is 33.6 Å². The highest BCUT2D eigenvalue weighted by Crippen LogP contribution is 2.33. The summed E-state index contributed by atoms with van der Waals surface area (Å²) in [4.78, 5) is 30.6. The molecule has 0 spiro atoms. The zero-order chi connectivity index (χ0) is 38.6. The third-order valence-corrected chi connectivity index (χ3v) is 8.57. The van der Waals surface area contributed by atoms with Gasteiger partial charge < -0.3 is 14.4 Å². The first-order valence-electron chi connectivity index (χ1n) is 15.9. The molecule has 0 saturated carbocycles. The van der Waals surface area contributed by atoms with E-state index in [-0.39, 0.29) is 28.0 Å². The van der Waals surface area contributed by atoms with E-state index in [4.69, 9.17) is 6.57 Å². The van der Waals surface area contributed by atoms with E-state index >= 15 is 0 Å². The van der Waals surface area contributed by atoms with Crippen LogP contribution >= 0.6 is 0 Å². The molecule has 0 aliphatic rings. The van der Waals surface area contributed by atoms with Gasteiger partial charge >= 0.3 is 17.9 Å². The van der Waals surface area contributed by atoms with Crippen LogP contribution in [0.25, 0.3) is 27.6 Å². The van der Waals surface area contributed by atoms with Gasteiger partial charge in [0.05, 0.1) is 73.7 Å². The van der Waals surface area contributed by atoms with E-state index in [2.05, 4.69) is 36.4 Å². The van der Waals surface area contributed by atoms with Crippen molar-refractivity contribution in [2.24, 2.45) is 0 Å². The predicted octanol–water partition coefficient (Wildman–Crippen LogP) is 6.18. The number of imidazole rings is 1. The molecule has 2 heterocycles. The summed E-state index contributed by atoms with van der Waals surface area (Å²) in [6.07, 6.45) is -2.48. The third-order valence-electron chi connectivity index (χ3n) is 7.72. The van der Waals surface area contributed by atoms with Gasteiger partial charge in [-0.25, -0.2) is 32.1 Å². The van der Waals surface area contributed by atoms with Gasteiger partial charge in [0.25, 0.3) is 0 Å². The summed E-state index contributed by atoms with van der Waals surface area (Å²) in [5, 5.41) is 7.23. The van der Waals surface area contributed by atoms with Gasteiger partial charge in [-0.1, -0.05) is 36.4 Å². The van der Waals surface area contributed by atoms with Gasteiger partial charge in [-0.05, 0) is 68.8 Å². The Hall–Kier alpha value is -5.50. The number of alkyl halides is 3. The molecule has 16 heteroatoms. The van der Waals surface area contributed by atoms with Crippen LogP contribution in [0.2, 0.25) is 0 Å². The molecule has 12 nitrogen and oxygen atoms in total. The minimum atomic E-state index is -4.62. The first-order chi connectivity index (χ1) is 24.2. The van der Waals surface area contributed by atoms with Crippen LogP contribution in [-0.4, -0.2) is 76.1 Å². The fourth-order valence-electron chi connectivity index (χ4n) is 5.30. The van der Waals surface area contributed by atoms with Crippen molar-refractivity contribution in [3.8, 4) is 22.8 Å². The number of nitrogens with one attached hydrogen (secondary N) is 1. The predicted molar refractivity (Wildman–Crippen MR) is 189 cm³/mol. The summed E-state index contributed by atoms with van der Waals surface area (Å²) in [5.41, 5.74) is 1.02. The Labute approximate surface area is 299 Å². The van der Waals surface area contributed by atoms with Crippen molar-refractivity contribution in [3.63, 3.8) is 0 Å². The molecule has 274 valence electrons. The van der Waals surface area contributed by atoms with E-state index in [0.717, 1.165) is 33.4 Å². The standard InChI is InChI=1S/C30H32F3N7O2.C6H6O3S/c1-19(2)36-28(41)38-27(20(3)37(29(38)42)24-10-8-9-22(18-24)30(31,32)33)26-13-15-35-39(26)25-12-11-23(34-4)17-21(25)14-16-40(5,6)7;7-10(8,9)6-4-2-1-3-5-6/h8-13,15,17-19H,14,16H2,1-3,5-7H3;1-5H,(H,7,8,9). The fourth-order valence-corrected chi connectivity index (χ4v) is 5.79. The molecule has 0 fully saturated rings. The number of likely N-dealkylation sites (N-methyl/N-ethyl adjacent to an activating group) is 1. The Morgan fingerprint density at radius 1 is 1.02 bits per heavy atom. The van der Waals surface area contributed by atoms with Crippen molar-refractivity contribution in [1.29, 1.82) is 0 Å². The first kappa shape index (κ1) is 39.3. The lowest BCUT2D eigenvalue weighted by atomic mass is 10.1. The normalized spacial score (nSPS) is 11.9. The van der Waals surface area contributed by atoms with Crippen LogP contribution in [0.5, 0.6) is 0 Å². The summed E-state index contributed by atoms with van der Waals surface area (Å²) in [6.45, 7) is 13.3. The maximum absolute atomic E-state index is 13.8. The van der Waals surface area contributed by atoms with E-state index in [0.29, 0.717) is 28.0 Å². The van der Waals surface area contributed by atoms with Crippen LogP contribution in [0.4, 0.5) is 23.7 Å². The third kappa shape index (κ3) is 9.23. The number of carbonyl (C=O) groups is 1. The Balaban J connectivity index is 0.000000521. The van der Waals surface area contributed by atoms with Gasteiger partial charge in [0.1, 0.15) is 15.8 Å². The van der Waals surface area contributed by atoms with E-state index in [1.54, 1.807) is 55.8 Å². The van der Waals surface area contributed by atoms with Crippen molar-refractivity contribution >= 4 is 21.8 Å². The maximum Gasteiger partial charge on any atom is 0.416 e. The van der Waals surface area contributed by atoms with Crippen LogP contribution in [0.3, 0.4) is 0 Å². The fraction of sp³-hybridized carbons (Fsp3) is 0.278. The smallest absolute Gasteiger partial charge is 0.416 e.